The number of hydrogen-bond donors (Lipinski definition) is 2. The maximum Gasteiger partial charge on any atom is 0.251 e. The fraction of sp³-hybridized carbons (Fsp3) is 0.588. The van der Waals surface area contributed by atoms with Gasteiger partial charge in [0.25, 0.3) is 5.91 Å². The summed E-state index contributed by atoms with van der Waals surface area (Å²) in [6, 6.07) is 7.22. The Labute approximate surface area is 128 Å². The van der Waals surface area contributed by atoms with Gasteiger partial charge in [-0.1, -0.05) is 20.8 Å². The van der Waals surface area contributed by atoms with Gasteiger partial charge in [0, 0.05) is 17.6 Å². The second-order valence-electron chi connectivity index (χ2n) is 5.61. The van der Waals surface area contributed by atoms with Gasteiger partial charge in [0.15, 0.2) is 0 Å². The van der Waals surface area contributed by atoms with E-state index in [2.05, 4.69) is 12.2 Å². The third kappa shape index (κ3) is 5.38. The fourth-order valence-electron chi connectivity index (χ4n) is 1.86. The monoisotopic (exact) mass is 292 g/mol. The first kappa shape index (κ1) is 17.5. The lowest BCUT2D eigenvalue weighted by Crippen LogP contribution is -2.49. The molecule has 118 valence electrons. The van der Waals surface area contributed by atoms with E-state index in [4.69, 9.17) is 10.5 Å². The highest BCUT2D eigenvalue weighted by Crippen LogP contribution is 2.15. The molecule has 0 saturated carbocycles. The first-order valence-electron chi connectivity index (χ1n) is 7.78. The summed E-state index contributed by atoms with van der Waals surface area (Å²) in [6.45, 7) is 8.67. The van der Waals surface area contributed by atoms with Crippen LogP contribution in [0.2, 0.25) is 0 Å². The highest BCUT2D eigenvalue weighted by molar-refractivity contribution is 5.94. The van der Waals surface area contributed by atoms with Crippen molar-refractivity contribution < 1.29 is 9.53 Å². The SMILES string of the molecule is CCC(C)Oc1ccc(C(=O)NCC(N)(CC)CC)cc1. The van der Waals surface area contributed by atoms with Gasteiger partial charge in [-0.05, 0) is 50.5 Å². The number of carbonyl (C=O) groups is 1. The van der Waals surface area contributed by atoms with E-state index in [1.807, 2.05) is 32.9 Å². The van der Waals surface area contributed by atoms with Gasteiger partial charge in [-0.15, -0.1) is 0 Å². The molecule has 0 heterocycles. The molecule has 0 aliphatic heterocycles. The van der Waals surface area contributed by atoms with Crippen LogP contribution < -0.4 is 15.8 Å². The molecule has 0 aromatic heterocycles. The average molecular weight is 292 g/mol. The third-order valence-electron chi connectivity index (χ3n) is 4.04. The lowest BCUT2D eigenvalue weighted by molar-refractivity contribution is 0.0942. The number of benzene rings is 1. The van der Waals surface area contributed by atoms with Crippen LogP contribution in [0.3, 0.4) is 0 Å². The number of nitrogens with one attached hydrogen (secondary N) is 1. The Morgan fingerprint density at radius 3 is 2.29 bits per heavy atom. The first-order valence-corrected chi connectivity index (χ1v) is 7.78. The van der Waals surface area contributed by atoms with E-state index in [1.54, 1.807) is 12.1 Å². The largest absolute Gasteiger partial charge is 0.491 e. The molecular formula is C17H28N2O2. The predicted molar refractivity (Wildman–Crippen MR) is 86.7 cm³/mol. The lowest BCUT2D eigenvalue weighted by atomic mass is 9.94. The minimum absolute atomic E-state index is 0.0955. The van der Waals surface area contributed by atoms with Gasteiger partial charge in [0.2, 0.25) is 0 Å². The lowest BCUT2D eigenvalue weighted by Gasteiger charge is -2.26. The van der Waals surface area contributed by atoms with E-state index in [0.29, 0.717) is 12.1 Å². The van der Waals surface area contributed by atoms with Gasteiger partial charge in [-0.2, -0.15) is 0 Å². The molecule has 4 heteroatoms. The first-order chi connectivity index (χ1) is 9.94. The Balaban J connectivity index is 2.59. The Bertz CT molecular complexity index is 439. The molecule has 0 bridgehead atoms. The number of nitrogens with two attached hydrogens (primary N) is 1. The molecule has 1 rings (SSSR count). The summed E-state index contributed by atoms with van der Waals surface area (Å²) in [6.07, 6.45) is 2.81. The van der Waals surface area contributed by atoms with Crippen LogP contribution in [0.25, 0.3) is 0 Å². The maximum absolute atomic E-state index is 12.1. The van der Waals surface area contributed by atoms with Crippen molar-refractivity contribution in [3.63, 3.8) is 0 Å². The van der Waals surface area contributed by atoms with E-state index in [-0.39, 0.29) is 17.6 Å². The van der Waals surface area contributed by atoms with Gasteiger partial charge >= 0.3 is 0 Å². The Hall–Kier alpha value is -1.55. The van der Waals surface area contributed by atoms with E-state index in [0.717, 1.165) is 25.0 Å². The highest BCUT2D eigenvalue weighted by atomic mass is 16.5. The molecule has 4 nitrogen and oxygen atoms in total. The molecule has 1 aromatic rings. The average Bonchev–Trinajstić information content (AvgIpc) is 2.52. The van der Waals surface area contributed by atoms with Crippen LogP contribution in [-0.4, -0.2) is 24.1 Å². The molecule has 0 aliphatic carbocycles. The molecule has 1 amide bonds. The molecule has 0 spiro atoms. The maximum atomic E-state index is 12.1. The van der Waals surface area contributed by atoms with Crippen LogP contribution in [0.5, 0.6) is 5.75 Å². The number of rotatable bonds is 8. The molecular weight excluding hydrogens is 264 g/mol. The summed E-state index contributed by atoms with van der Waals surface area (Å²) >= 11 is 0. The van der Waals surface area contributed by atoms with Crippen molar-refractivity contribution in [2.24, 2.45) is 5.73 Å². The van der Waals surface area contributed by atoms with Crippen LogP contribution in [0.4, 0.5) is 0 Å². The Morgan fingerprint density at radius 1 is 1.24 bits per heavy atom. The highest BCUT2D eigenvalue weighted by Gasteiger charge is 2.21. The van der Waals surface area contributed by atoms with E-state index >= 15 is 0 Å². The van der Waals surface area contributed by atoms with Crippen molar-refractivity contribution in [1.82, 2.24) is 5.32 Å². The summed E-state index contributed by atoms with van der Waals surface area (Å²) < 4.78 is 5.70. The zero-order valence-electron chi connectivity index (χ0n) is 13.6. The van der Waals surface area contributed by atoms with Crippen LogP contribution >= 0.6 is 0 Å². The second kappa shape index (κ2) is 8.03. The molecule has 1 unspecified atom stereocenters. The standard InChI is InChI=1S/C17H28N2O2/c1-5-13(4)21-15-10-8-14(9-11-15)16(20)19-12-17(18,6-2)7-3/h8-11,13H,5-7,12,18H2,1-4H3,(H,19,20). The van der Waals surface area contributed by atoms with Crippen LogP contribution in [-0.2, 0) is 0 Å². The number of amides is 1. The zero-order valence-corrected chi connectivity index (χ0v) is 13.6. The summed E-state index contributed by atoms with van der Waals surface area (Å²) in [5.41, 5.74) is 6.48. The number of ether oxygens (including phenoxy) is 1. The third-order valence-corrected chi connectivity index (χ3v) is 4.04. The topological polar surface area (TPSA) is 64.3 Å². The van der Waals surface area contributed by atoms with E-state index in [1.165, 1.54) is 0 Å². The molecule has 0 saturated heterocycles. The van der Waals surface area contributed by atoms with Crippen molar-refractivity contribution in [2.75, 3.05) is 6.54 Å². The van der Waals surface area contributed by atoms with Crippen LogP contribution in [0.15, 0.2) is 24.3 Å². The second-order valence-corrected chi connectivity index (χ2v) is 5.61. The van der Waals surface area contributed by atoms with Crippen molar-refractivity contribution in [3.05, 3.63) is 29.8 Å². The fourth-order valence-corrected chi connectivity index (χ4v) is 1.86. The smallest absolute Gasteiger partial charge is 0.251 e. The molecule has 0 radical (unpaired) electrons. The minimum atomic E-state index is -0.324. The quantitative estimate of drug-likeness (QED) is 0.773. The van der Waals surface area contributed by atoms with Crippen molar-refractivity contribution >= 4 is 5.91 Å². The molecule has 21 heavy (non-hydrogen) atoms. The summed E-state index contributed by atoms with van der Waals surface area (Å²) in [5, 5.41) is 2.91. The van der Waals surface area contributed by atoms with Crippen LogP contribution in [0, 0.1) is 0 Å². The van der Waals surface area contributed by atoms with Gasteiger partial charge in [-0.25, -0.2) is 0 Å². The summed E-state index contributed by atoms with van der Waals surface area (Å²) in [5.74, 6) is 0.693. The van der Waals surface area contributed by atoms with E-state index in [9.17, 15) is 4.79 Å². The van der Waals surface area contributed by atoms with Crippen molar-refractivity contribution in [2.45, 2.75) is 58.6 Å². The van der Waals surface area contributed by atoms with Gasteiger partial charge in [-0.3, -0.25) is 4.79 Å². The minimum Gasteiger partial charge on any atom is -0.491 e. The van der Waals surface area contributed by atoms with Gasteiger partial charge in [0.1, 0.15) is 5.75 Å². The molecule has 1 aromatic carbocycles. The summed E-state index contributed by atoms with van der Waals surface area (Å²) in [4.78, 5) is 12.1. The van der Waals surface area contributed by atoms with Crippen LogP contribution in [0.1, 0.15) is 57.3 Å². The van der Waals surface area contributed by atoms with Crippen molar-refractivity contribution in [3.8, 4) is 5.75 Å². The van der Waals surface area contributed by atoms with Gasteiger partial charge < -0.3 is 15.8 Å². The number of hydrogen-bond acceptors (Lipinski definition) is 3. The van der Waals surface area contributed by atoms with Crippen molar-refractivity contribution in [1.29, 1.82) is 0 Å². The molecule has 3 N–H and O–H groups in total. The molecule has 1 atom stereocenters. The normalized spacial score (nSPS) is 12.8. The Morgan fingerprint density at radius 2 is 1.81 bits per heavy atom. The molecule has 0 aliphatic rings. The van der Waals surface area contributed by atoms with E-state index < -0.39 is 0 Å². The zero-order chi connectivity index (χ0) is 15.9. The molecule has 0 fully saturated rings. The Kier molecular flexibility index (Phi) is 6.69. The number of carbonyl (C=O) groups excluding carboxylic acids is 1. The van der Waals surface area contributed by atoms with Gasteiger partial charge in [0.05, 0.1) is 6.10 Å². The predicted octanol–water partition coefficient (Wildman–Crippen LogP) is 3.11. The summed E-state index contributed by atoms with van der Waals surface area (Å²) in [7, 11) is 0.